The van der Waals surface area contributed by atoms with Gasteiger partial charge in [-0.15, -0.1) is 0 Å². The van der Waals surface area contributed by atoms with Crippen LogP contribution in [-0.4, -0.2) is 31.2 Å². The monoisotopic (exact) mass is 336 g/mol. The molecule has 1 aromatic heterocycles. The number of carbonyl (C=O) groups excluding carboxylic acids is 1. The number of aromatic amines is 1. The summed E-state index contributed by atoms with van der Waals surface area (Å²) in [5, 5.41) is 3.22. The SMILES string of the molecule is COCCNC(=O)c1cc(=O)c(OCc2cccc(Cl)c2)c[nH]1. The maximum atomic E-state index is 12.0. The summed E-state index contributed by atoms with van der Waals surface area (Å²) in [5.74, 6) is -0.237. The van der Waals surface area contributed by atoms with Crippen LogP contribution in [0.15, 0.2) is 41.3 Å². The fraction of sp³-hybridized carbons (Fsp3) is 0.250. The molecule has 7 heteroatoms. The second-order valence-corrected chi connectivity index (χ2v) is 5.18. The summed E-state index contributed by atoms with van der Waals surface area (Å²) in [7, 11) is 1.54. The Morgan fingerprint density at radius 3 is 2.87 bits per heavy atom. The van der Waals surface area contributed by atoms with Crippen LogP contribution in [0.25, 0.3) is 0 Å². The maximum absolute atomic E-state index is 12.0. The standard InChI is InChI=1S/C16H17ClN2O4/c1-22-6-5-18-16(21)13-8-14(20)15(9-19-13)23-10-11-3-2-4-12(17)7-11/h2-4,7-9H,5-6,10H2,1H3,(H,18,21)(H,19,20). The maximum Gasteiger partial charge on any atom is 0.267 e. The van der Waals surface area contributed by atoms with Gasteiger partial charge >= 0.3 is 0 Å². The molecular weight excluding hydrogens is 320 g/mol. The number of hydrogen-bond donors (Lipinski definition) is 2. The predicted molar refractivity (Wildman–Crippen MR) is 87.1 cm³/mol. The van der Waals surface area contributed by atoms with Crippen LogP contribution in [0.4, 0.5) is 0 Å². The number of carbonyl (C=O) groups is 1. The first kappa shape index (κ1) is 17.1. The lowest BCUT2D eigenvalue weighted by Gasteiger charge is -2.08. The highest BCUT2D eigenvalue weighted by Gasteiger charge is 2.09. The summed E-state index contributed by atoms with van der Waals surface area (Å²) < 4.78 is 10.3. The number of nitrogens with one attached hydrogen (secondary N) is 2. The van der Waals surface area contributed by atoms with Crippen molar-refractivity contribution in [3.05, 3.63) is 63.0 Å². The Hall–Kier alpha value is -2.31. The molecule has 0 saturated carbocycles. The Balaban J connectivity index is 1.99. The summed E-state index contributed by atoms with van der Waals surface area (Å²) in [5.41, 5.74) is 0.641. The van der Waals surface area contributed by atoms with E-state index in [1.54, 1.807) is 25.3 Å². The molecule has 0 radical (unpaired) electrons. The van der Waals surface area contributed by atoms with E-state index in [2.05, 4.69) is 10.3 Å². The molecule has 0 aliphatic heterocycles. The molecule has 0 unspecified atom stereocenters. The molecule has 0 bridgehead atoms. The lowest BCUT2D eigenvalue weighted by molar-refractivity contribution is 0.0932. The Kier molecular flexibility index (Phi) is 6.19. The Morgan fingerprint density at radius 2 is 2.17 bits per heavy atom. The first-order valence-corrected chi connectivity index (χ1v) is 7.35. The minimum absolute atomic E-state index is 0.137. The van der Waals surface area contributed by atoms with E-state index >= 15 is 0 Å². The van der Waals surface area contributed by atoms with Crippen LogP contribution in [0.2, 0.25) is 5.02 Å². The lowest BCUT2D eigenvalue weighted by Crippen LogP contribution is -2.28. The van der Waals surface area contributed by atoms with E-state index in [9.17, 15) is 9.59 Å². The third-order valence-electron chi connectivity index (χ3n) is 3.00. The van der Waals surface area contributed by atoms with Crippen LogP contribution < -0.4 is 15.5 Å². The van der Waals surface area contributed by atoms with Gasteiger partial charge in [-0.2, -0.15) is 0 Å². The van der Waals surface area contributed by atoms with Gasteiger partial charge in [0.1, 0.15) is 12.3 Å². The highest BCUT2D eigenvalue weighted by atomic mass is 35.5. The molecule has 0 aliphatic carbocycles. The minimum Gasteiger partial charge on any atom is -0.483 e. The van der Waals surface area contributed by atoms with Gasteiger partial charge in [-0.3, -0.25) is 9.59 Å². The lowest BCUT2D eigenvalue weighted by atomic mass is 10.2. The third kappa shape index (κ3) is 5.12. The Morgan fingerprint density at radius 1 is 1.35 bits per heavy atom. The van der Waals surface area contributed by atoms with Crippen molar-refractivity contribution in [2.45, 2.75) is 6.61 Å². The molecule has 1 aromatic carbocycles. The van der Waals surface area contributed by atoms with Gasteiger partial charge in [0.2, 0.25) is 5.43 Å². The van der Waals surface area contributed by atoms with Crippen molar-refractivity contribution >= 4 is 17.5 Å². The number of rotatable bonds is 7. The average molecular weight is 337 g/mol. The number of halogens is 1. The zero-order valence-electron chi connectivity index (χ0n) is 12.6. The average Bonchev–Trinajstić information content (AvgIpc) is 2.54. The predicted octanol–water partition coefficient (Wildman–Crippen LogP) is 1.98. The third-order valence-corrected chi connectivity index (χ3v) is 3.23. The normalized spacial score (nSPS) is 10.3. The van der Waals surface area contributed by atoms with Gasteiger partial charge in [0.15, 0.2) is 5.75 Å². The van der Waals surface area contributed by atoms with E-state index in [1.807, 2.05) is 6.07 Å². The van der Waals surface area contributed by atoms with Crippen molar-refractivity contribution in [3.8, 4) is 5.75 Å². The summed E-state index contributed by atoms with van der Waals surface area (Å²) >= 11 is 5.89. The van der Waals surface area contributed by atoms with E-state index in [-0.39, 0.29) is 29.4 Å². The number of pyridine rings is 1. The van der Waals surface area contributed by atoms with Gasteiger partial charge in [0.05, 0.1) is 6.61 Å². The zero-order valence-corrected chi connectivity index (χ0v) is 13.4. The number of amides is 1. The molecule has 0 saturated heterocycles. The first-order chi connectivity index (χ1) is 11.1. The molecule has 0 spiro atoms. The first-order valence-electron chi connectivity index (χ1n) is 6.97. The zero-order chi connectivity index (χ0) is 16.7. The number of aromatic nitrogens is 1. The number of methoxy groups -OCH3 is 1. The summed E-state index contributed by atoms with van der Waals surface area (Å²) in [6, 6.07) is 8.37. The smallest absolute Gasteiger partial charge is 0.267 e. The molecule has 1 heterocycles. The highest BCUT2D eigenvalue weighted by molar-refractivity contribution is 6.30. The fourth-order valence-electron chi connectivity index (χ4n) is 1.85. The molecule has 2 N–H and O–H groups in total. The van der Waals surface area contributed by atoms with Crippen LogP contribution in [0, 0.1) is 0 Å². The van der Waals surface area contributed by atoms with Gasteiger partial charge in [-0.1, -0.05) is 23.7 Å². The number of hydrogen-bond acceptors (Lipinski definition) is 4. The van der Waals surface area contributed by atoms with Crippen LogP contribution >= 0.6 is 11.6 Å². The molecule has 0 atom stereocenters. The molecule has 0 aliphatic rings. The van der Waals surface area contributed by atoms with Gasteiger partial charge in [-0.25, -0.2) is 0 Å². The van der Waals surface area contributed by atoms with Gasteiger partial charge < -0.3 is 19.8 Å². The number of benzene rings is 1. The molecule has 2 rings (SSSR count). The van der Waals surface area contributed by atoms with Gasteiger partial charge in [-0.05, 0) is 17.7 Å². The van der Waals surface area contributed by atoms with Crippen LogP contribution in [0.5, 0.6) is 5.75 Å². The molecule has 23 heavy (non-hydrogen) atoms. The van der Waals surface area contributed by atoms with Crippen molar-refractivity contribution in [3.63, 3.8) is 0 Å². The molecule has 122 valence electrons. The Bertz CT molecular complexity index is 730. The van der Waals surface area contributed by atoms with Crippen LogP contribution in [-0.2, 0) is 11.3 Å². The fourth-order valence-corrected chi connectivity index (χ4v) is 2.06. The van der Waals surface area contributed by atoms with E-state index in [1.165, 1.54) is 12.3 Å². The van der Waals surface area contributed by atoms with Crippen molar-refractivity contribution < 1.29 is 14.3 Å². The molecule has 2 aromatic rings. The quantitative estimate of drug-likeness (QED) is 0.758. The molecular formula is C16H17ClN2O4. The van der Waals surface area contributed by atoms with Crippen molar-refractivity contribution in [2.24, 2.45) is 0 Å². The van der Waals surface area contributed by atoms with E-state index in [0.29, 0.717) is 18.2 Å². The van der Waals surface area contributed by atoms with Crippen molar-refractivity contribution in [1.29, 1.82) is 0 Å². The van der Waals surface area contributed by atoms with E-state index in [0.717, 1.165) is 5.56 Å². The molecule has 0 fully saturated rings. The number of H-pyrrole nitrogens is 1. The minimum atomic E-state index is -0.374. The highest BCUT2D eigenvalue weighted by Crippen LogP contribution is 2.12. The Labute approximate surface area is 138 Å². The summed E-state index contributed by atoms with van der Waals surface area (Å²) in [4.78, 5) is 26.5. The second kappa shape index (κ2) is 8.36. The largest absolute Gasteiger partial charge is 0.483 e. The molecule has 6 nitrogen and oxygen atoms in total. The second-order valence-electron chi connectivity index (χ2n) is 4.74. The molecule has 1 amide bonds. The summed E-state index contributed by atoms with van der Waals surface area (Å²) in [6.07, 6.45) is 1.37. The van der Waals surface area contributed by atoms with Gasteiger partial charge in [0.25, 0.3) is 5.91 Å². The van der Waals surface area contributed by atoms with Crippen LogP contribution in [0.3, 0.4) is 0 Å². The van der Waals surface area contributed by atoms with Crippen molar-refractivity contribution in [1.82, 2.24) is 10.3 Å². The number of ether oxygens (including phenoxy) is 2. The van der Waals surface area contributed by atoms with Crippen molar-refractivity contribution in [2.75, 3.05) is 20.3 Å². The topological polar surface area (TPSA) is 80.4 Å². The van der Waals surface area contributed by atoms with Crippen LogP contribution in [0.1, 0.15) is 16.1 Å². The van der Waals surface area contributed by atoms with E-state index < -0.39 is 0 Å². The van der Waals surface area contributed by atoms with E-state index in [4.69, 9.17) is 21.1 Å². The van der Waals surface area contributed by atoms with Gasteiger partial charge in [0, 0.05) is 30.9 Å². The summed E-state index contributed by atoms with van der Waals surface area (Å²) in [6.45, 7) is 0.976.